The van der Waals surface area contributed by atoms with E-state index in [-0.39, 0.29) is 11.9 Å². The maximum Gasteiger partial charge on any atom is 0.230 e. The van der Waals surface area contributed by atoms with Crippen LogP contribution >= 0.6 is 11.8 Å². The van der Waals surface area contributed by atoms with Crippen LogP contribution in [0.3, 0.4) is 0 Å². The van der Waals surface area contributed by atoms with Crippen LogP contribution in [0.15, 0.2) is 23.4 Å². The number of ether oxygens (including phenoxy) is 1. The summed E-state index contributed by atoms with van der Waals surface area (Å²) in [6.45, 7) is 4.14. The molecule has 0 bridgehead atoms. The number of aromatic nitrogens is 2. The van der Waals surface area contributed by atoms with Gasteiger partial charge in [-0.1, -0.05) is 25.1 Å². The van der Waals surface area contributed by atoms with Crippen molar-refractivity contribution in [2.24, 2.45) is 0 Å². The molecule has 6 heteroatoms. The molecule has 1 heterocycles. The van der Waals surface area contributed by atoms with Crippen molar-refractivity contribution in [2.75, 3.05) is 12.9 Å². The van der Waals surface area contributed by atoms with Crippen molar-refractivity contribution in [3.63, 3.8) is 0 Å². The lowest BCUT2D eigenvalue weighted by Crippen LogP contribution is -2.33. The summed E-state index contributed by atoms with van der Waals surface area (Å²) in [5.74, 6) is 1.19. The van der Waals surface area contributed by atoms with Gasteiger partial charge in [0.1, 0.15) is 5.75 Å². The molecule has 0 fully saturated rings. The lowest BCUT2D eigenvalue weighted by atomic mass is 10.2. The fourth-order valence-corrected chi connectivity index (χ4v) is 2.81. The van der Waals surface area contributed by atoms with Gasteiger partial charge in [0.15, 0.2) is 5.16 Å². The average Bonchev–Trinajstić information content (AvgIpc) is 2.87. The Morgan fingerprint density at radius 1 is 1.52 bits per heavy atom. The first-order valence-electron chi connectivity index (χ1n) is 7.08. The Hall–Kier alpha value is -1.69. The van der Waals surface area contributed by atoms with Crippen molar-refractivity contribution in [3.05, 3.63) is 18.2 Å². The molecule has 114 valence electrons. The number of aromatic amines is 1. The number of fused-ring (bicyclic) bond motifs is 1. The molecule has 1 amide bonds. The smallest absolute Gasteiger partial charge is 0.230 e. The first-order chi connectivity index (χ1) is 10.1. The highest BCUT2D eigenvalue weighted by Crippen LogP contribution is 2.22. The number of H-pyrrole nitrogens is 1. The van der Waals surface area contributed by atoms with E-state index in [0.29, 0.717) is 5.75 Å². The first kappa shape index (κ1) is 15.7. The van der Waals surface area contributed by atoms with Gasteiger partial charge in [0.2, 0.25) is 5.91 Å². The number of hydrogen-bond acceptors (Lipinski definition) is 4. The Bertz CT molecular complexity index is 612. The van der Waals surface area contributed by atoms with Crippen LogP contribution in [0.2, 0.25) is 0 Å². The zero-order valence-corrected chi connectivity index (χ0v) is 13.4. The molecular formula is C15H21N3O2S. The molecule has 1 atom stereocenters. The van der Waals surface area contributed by atoms with Crippen LogP contribution in [0, 0.1) is 0 Å². The van der Waals surface area contributed by atoms with Gasteiger partial charge in [0.05, 0.1) is 23.9 Å². The van der Waals surface area contributed by atoms with Crippen LogP contribution in [0.1, 0.15) is 26.7 Å². The number of amides is 1. The van der Waals surface area contributed by atoms with Crippen LogP contribution in [0.5, 0.6) is 5.75 Å². The highest BCUT2D eigenvalue weighted by atomic mass is 32.2. The molecule has 1 aromatic carbocycles. The SMILES string of the molecule is CCC[C@H](C)NC(=O)CSc1nc2ccc(OC)cc2[nH]1. The van der Waals surface area contributed by atoms with Gasteiger partial charge < -0.3 is 15.0 Å². The van der Waals surface area contributed by atoms with E-state index >= 15 is 0 Å². The molecule has 0 spiro atoms. The number of imidazole rings is 1. The normalized spacial score (nSPS) is 12.3. The summed E-state index contributed by atoms with van der Waals surface area (Å²) in [5.41, 5.74) is 1.79. The molecule has 0 saturated carbocycles. The lowest BCUT2D eigenvalue weighted by molar-refractivity contribution is -0.119. The van der Waals surface area contributed by atoms with E-state index in [1.54, 1.807) is 7.11 Å². The summed E-state index contributed by atoms with van der Waals surface area (Å²) < 4.78 is 5.18. The standard InChI is InChI=1S/C15H21N3O2S/c1-4-5-10(2)16-14(19)9-21-15-17-12-7-6-11(20-3)8-13(12)18-15/h6-8,10H,4-5,9H2,1-3H3,(H,16,19)(H,17,18)/t10-/m0/s1. The molecular weight excluding hydrogens is 286 g/mol. The zero-order valence-electron chi connectivity index (χ0n) is 12.6. The van der Waals surface area contributed by atoms with Crippen LogP contribution < -0.4 is 10.1 Å². The van der Waals surface area contributed by atoms with Gasteiger partial charge in [-0.05, 0) is 25.5 Å². The van der Waals surface area contributed by atoms with E-state index in [1.165, 1.54) is 11.8 Å². The highest BCUT2D eigenvalue weighted by Gasteiger charge is 2.09. The van der Waals surface area contributed by atoms with Crippen molar-refractivity contribution in [2.45, 2.75) is 37.9 Å². The van der Waals surface area contributed by atoms with Gasteiger partial charge in [-0.25, -0.2) is 4.98 Å². The second kappa shape index (κ2) is 7.36. The molecule has 21 heavy (non-hydrogen) atoms. The first-order valence-corrected chi connectivity index (χ1v) is 8.07. The Kier molecular flexibility index (Phi) is 5.50. The molecule has 2 rings (SSSR count). The third kappa shape index (κ3) is 4.39. The summed E-state index contributed by atoms with van der Waals surface area (Å²) >= 11 is 1.41. The van der Waals surface area contributed by atoms with Gasteiger partial charge in [0, 0.05) is 12.1 Å². The van der Waals surface area contributed by atoms with Crippen molar-refractivity contribution in [1.29, 1.82) is 0 Å². The Labute approximate surface area is 128 Å². The van der Waals surface area contributed by atoms with Gasteiger partial charge in [0.25, 0.3) is 0 Å². The quantitative estimate of drug-likeness (QED) is 0.772. The predicted octanol–water partition coefficient (Wildman–Crippen LogP) is 2.97. The Morgan fingerprint density at radius 3 is 3.05 bits per heavy atom. The largest absolute Gasteiger partial charge is 0.497 e. The van der Waals surface area contributed by atoms with Crippen LogP contribution in [0.4, 0.5) is 0 Å². The van der Waals surface area contributed by atoms with Crippen molar-refractivity contribution >= 4 is 28.7 Å². The number of nitrogens with zero attached hydrogens (tertiary/aromatic N) is 1. The minimum Gasteiger partial charge on any atom is -0.497 e. The number of thioether (sulfide) groups is 1. The Morgan fingerprint density at radius 2 is 2.33 bits per heavy atom. The number of benzene rings is 1. The molecule has 0 unspecified atom stereocenters. The average molecular weight is 307 g/mol. The topological polar surface area (TPSA) is 67.0 Å². The molecule has 0 saturated heterocycles. The van der Waals surface area contributed by atoms with E-state index in [0.717, 1.165) is 34.8 Å². The molecule has 0 radical (unpaired) electrons. The highest BCUT2D eigenvalue weighted by molar-refractivity contribution is 7.99. The number of carbonyl (C=O) groups is 1. The van der Waals surface area contributed by atoms with Gasteiger partial charge in [-0.2, -0.15) is 0 Å². The van der Waals surface area contributed by atoms with E-state index < -0.39 is 0 Å². The van der Waals surface area contributed by atoms with Crippen LogP contribution in [-0.2, 0) is 4.79 Å². The molecule has 2 N–H and O–H groups in total. The minimum absolute atomic E-state index is 0.0407. The number of methoxy groups -OCH3 is 1. The van der Waals surface area contributed by atoms with Crippen molar-refractivity contribution < 1.29 is 9.53 Å². The maximum absolute atomic E-state index is 11.8. The van der Waals surface area contributed by atoms with Crippen molar-refractivity contribution in [1.82, 2.24) is 15.3 Å². The molecule has 5 nitrogen and oxygen atoms in total. The lowest BCUT2D eigenvalue weighted by Gasteiger charge is -2.11. The Balaban J connectivity index is 1.92. The van der Waals surface area contributed by atoms with Gasteiger partial charge in [-0.15, -0.1) is 0 Å². The van der Waals surface area contributed by atoms with Crippen LogP contribution in [0.25, 0.3) is 11.0 Å². The van der Waals surface area contributed by atoms with E-state index in [2.05, 4.69) is 22.2 Å². The van der Waals surface area contributed by atoms with Gasteiger partial charge in [-0.3, -0.25) is 4.79 Å². The van der Waals surface area contributed by atoms with Crippen molar-refractivity contribution in [3.8, 4) is 5.75 Å². The zero-order chi connectivity index (χ0) is 15.2. The summed E-state index contributed by atoms with van der Waals surface area (Å²) in [7, 11) is 1.63. The number of hydrogen-bond donors (Lipinski definition) is 2. The maximum atomic E-state index is 11.8. The molecule has 2 aromatic rings. The number of nitrogens with one attached hydrogen (secondary N) is 2. The third-order valence-electron chi connectivity index (χ3n) is 3.14. The molecule has 0 aliphatic rings. The van der Waals surface area contributed by atoms with Crippen LogP contribution in [-0.4, -0.2) is 34.8 Å². The molecule has 0 aliphatic carbocycles. The predicted molar refractivity (Wildman–Crippen MR) is 85.9 cm³/mol. The monoisotopic (exact) mass is 307 g/mol. The minimum atomic E-state index is 0.0407. The fraction of sp³-hybridized carbons (Fsp3) is 0.467. The number of rotatable bonds is 7. The molecule has 1 aromatic heterocycles. The third-order valence-corrected chi connectivity index (χ3v) is 4.01. The summed E-state index contributed by atoms with van der Waals surface area (Å²) in [5, 5.41) is 3.73. The molecule has 0 aliphatic heterocycles. The fourth-order valence-electron chi connectivity index (χ4n) is 2.12. The van der Waals surface area contributed by atoms with E-state index in [9.17, 15) is 4.79 Å². The van der Waals surface area contributed by atoms with Gasteiger partial charge >= 0.3 is 0 Å². The van der Waals surface area contributed by atoms with E-state index in [1.807, 2.05) is 25.1 Å². The second-order valence-corrected chi connectivity index (χ2v) is 5.93. The van der Waals surface area contributed by atoms with E-state index in [4.69, 9.17) is 4.74 Å². The number of carbonyl (C=O) groups excluding carboxylic acids is 1. The summed E-state index contributed by atoms with van der Waals surface area (Å²) in [4.78, 5) is 19.5. The summed E-state index contributed by atoms with van der Waals surface area (Å²) in [6.07, 6.45) is 2.07. The second-order valence-electron chi connectivity index (χ2n) is 4.97. The summed E-state index contributed by atoms with van der Waals surface area (Å²) in [6, 6.07) is 5.90.